The fraction of sp³-hybridized carbons (Fsp3) is 0.0385. The molecular formula is C26H21NO. The van der Waals surface area contributed by atoms with Gasteiger partial charge in [-0.05, 0) is 41.3 Å². The first-order valence-corrected chi connectivity index (χ1v) is 9.34. The van der Waals surface area contributed by atoms with Crippen molar-refractivity contribution >= 4 is 11.6 Å². The molecule has 0 saturated carbocycles. The zero-order valence-electron chi connectivity index (χ0n) is 15.7. The number of hydrogen-bond donors (Lipinski definition) is 1. The fourth-order valence-corrected chi connectivity index (χ4v) is 3.34. The Morgan fingerprint density at radius 2 is 1.11 bits per heavy atom. The summed E-state index contributed by atoms with van der Waals surface area (Å²) in [5, 5.41) is 3.07. The van der Waals surface area contributed by atoms with E-state index < -0.39 is 0 Å². The predicted molar refractivity (Wildman–Crippen MR) is 116 cm³/mol. The molecule has 0 atom stereocenters. The van der Waals surface area contributed by atoms with E-state index in [0.29, 0.717) is 5.56 Å². The number of nitrogens with one attached hydrogen (secondary N) is 1. The normalized spacial score (nSPS) is 10.5. The quantitative estimate of drug-likeness (QED) is 0.436. The van der Waals surface area contributed by atoms with Gasteiger partial charge in [0.2, 0.25) is 0 Å². The minimum atomic E-state index is -0.109. The van der Waals surface area contributed by atoms with Crippen molar-refractivity contribution in [3.05, 3.63) is 114 Å². The van der Waals surface area contributed by atoms with Gasteiger partial charge in [0.15, 0.2) is 0 Å². The number of benzene rings is 4. The van der Waals surface area contributed by atoms with E-state index >= 15 is 0 Å². The lowest BCUT2D eigenvalue weighted by atomic mass is 9.91. The van der Waals surface area contributed by atoms with E-state index in [9.17, 15) is 4.79 Å². The molecule has 0 aliphatic heterocycles. The minimum Gasteiger partial charge on any atom is -0.322 e. The van der Waals surface area contributed by atoms with Crippen molar-refractivity contribution in [2.45, 2.75) is 6.92 Å². The van der Waals surface area contributed by atoms with Crippen LogP contribution in [0.5, 0.6) is 0 Å². The zero-order valence-corrected chi connectivity index (χ0v) is 15.7. The number of rotatable bonds is 4. The van der Waals surface area contributed by atoms with Gasteiger partial charge in [-0.3, -0.25) is 4.79 Å². The fourth-order valence-electron chi connectivity index (χ4n) is 3.34. The molecule has 4 aromatic carbocycles. The summed E-state index contributed by atoms with van der Waals surface area (Å²) in [6, 6.07) is 33.9. The molecule has 0 radical (unpaired) electrons. The molecule has 2 nitrogen and oxygen atoms in total. The summed E-state index contributed by atoms with van der Waals surface area (Å²) in [6.07, 6.45) is 0. The van der Waals surface area contributed by atoms with Gasteiger partial charge in [-0.1, -0.05) is 96.6 Å². The minimum absolute atomic E-state index is 0.109. The lowest BCUT2D eigenvalue weighted by molar-refractivity contribution is 0.102. The van der Waals surface area contributed by atoms with Crippen LogP contribution >= 0.6 is 0 Å². The maximum Gasteiger partial charge on any atom is 0.256 e. The summed E-state index contributed by atoms with van der Waals surface area (Å²) in [6.45, 7) is 2.03. The molecule has 136 valence electrons. The Labute approximate surface area is 165 Å². The highest BCUT2D eigenvalue weighted by Gasteiger charge is 2.18. The van der Waals surface area contributed by atoms with E-state index in [4.69, 9.17) is 0 Å². The number of anilines is 1. The molecule has 0 aliphatic carbocycles. The first-order chi connectivity index (χ1) is 13.7. The summed E-state index contributed by atoms with van der Waals surface area (Å²) < 4.78 is 0. The van der Waals surface area contributed by atoms with Crippen molar-refractivity contribution in [2.75, 3.05) is 5.32 Å². The van der Waals surface area contributed by atoms with Crippen molar-refractivity contribution < 1.29 is 4.79 Å². The van der Waals surface area contributed by atoms with Gasteiger partial charge in [-0.25, -0.2) is 0 Å². The van der Waals surface area contributed by atoms with E-state index in [1.165, 1.54) is 0 Å². The third-order valence-electron chi connectivity index (χ3n) is 4.77. The highest BCUT2D eigenvalue weighted by atomic mass is 16.1. The number of aryl methyl sites for hydroxylation is 1. The van der Waals surface area contributed by atoms with Crippen LogP contribution in [0.3, 0.4) is 0 Å². The Hall–Kier alpha value is -3.65. The van der Waals surface area contributed by atoms with Gasteiger partial charge in [0.1, 0.15) is 0 Å². The summed E-state index contributed by atoms with van der Waals surface area (Å²) >= 11 is 0. The second-order valence-corrected chi connectivity index (χ2v) is 6.78. The second-order valence-electron chi connectivity index (χ2n) is 6.78. The molecule has 2 heteroatoms. The maximum absolute atomic E-state index is 13.4. The Balaban J connectivity index is 1.84. The molecule has 0 heterocycles. The molecular weight excluding hydrogens is 342 g/mol. The van der Waals surface area contributed by atoms with Crippen molar-refractivity contribution in [1.29, 1.82) is 0 Å². The molecule has 28 heavy (non-hydrogen) atoms. The highest BCUT2D eigenvalue weighted by molar-refractivity contribution is 6.13. The Morgan fingerprint density at radius 3 is 1.61 bits per heavy atom. The molecule has 1 N–H and O–H groups in total. The Bertz CT molecular complexity index is 1030. The molecule has 0 spiro atoms. The second kappa shape index (κ2) is 7.93. The lowest BCUT2D eigenvalue weighted by Gasteiger charge is -2.16. The van der Waals surface area contributed by atoms with E-state index in [-0.39, 0.29) is 5.91 Å². The lowest BCUT2D eigenvalue weighted by Crippen LogP contribution is -2.14. The SMILES string of the molecule is Cc1ccc(NC(=O)c2c(-c3ccccc3)cccc2-c2ccccc2)cc1. The first-order valence-electron chi connectivity index (χ1n) is 9.34. The van der Waals surface area contributed by atoms with Crippen LogP contribution in [-0.2, 0) is 0 Å². The van der Waals surface area contributed by atoms with Crippen molar-refractivity contribution in [3.8, 4) is 22.3 Å². The van der Waals surface area contributed by atoms with Crippen LogP contribution in [0, 0.1) is 6.92 Å². The standard InChI is InChI=1S/C26H21NO/c1-19-15-17-22(18-16-19)27-26(28)25-23(20-9-4-2-5-10-20)13-8-14-24(25)21-11-6-3-7-12-21/h2-18H,1H3,(H,27,28). The molecule has 0 fully saturated rings. The van der Waals surface area contributed by atoms with Crippen LogP contribution in [0.4, 0.5) is 5.69 Å². The number of amides is 1. The molecule has 0 aromatic heterocycles. The Kier molecular flexibility index (Phi) is 5.03. The van der Waals surface area contributed by atoms with Crippen molar-refractivity contribution in [3.63, 3.8) is 0 Å². The molecule has 0 saturated heterocycles. The molecule has 4 rings (SSSR count). The highest BCUT2D eigenvalue weighted by Crippen LogP contribution is 2.33. The summed E-state index contributed by atoms with van der Waals surface area (Å²) in [5.74, 6) is -0.109. The van der Waals surface area contributed by atoms with Gasteiger partial charge in [-0.2, -0.15) is 0 Å². The maximum atomic E-state index is 13.4. The number of carbonyl (C=O) groups is 1. The number of carbonyl (C=O) groups excluding carboxylic acids is 1. The monoisotopic (exact) mass is 363 g/mol. The van der Waals surface area contributed by atoms with Gasteiger partial charge >= 0.3 is 0 Å². The van der Waals surface area contributed by atoms with Crippen LogP contribution < -0.4 is 5.32 Å². The number of hydrogen-bond acceptors (Lipinski definition) is 1. The largest absolute Gasteiger partial charge is 0.322 e. The Morgan fingerprint density at radius 1 is 0.607 bits per heavy atom. The van der Waals surface area contributed by atoms with Gasteiger partial charge in [0.05, 0.1) is 5.56 Å². The van der Waals surface area contributed by atoms with E-state index in [2.05, 4.69) is 5.32 Å². The van der Waals surface area contributed by atoms with Crippen LogP contribution in [0.25, 0.3) is 22.3 Å². The van der Waals surface area contributed by atoms with E-state index in [0.717, 1.165) is 33.5 Å². The average Bonchev–Trinajstić information content (AvgIpc) is 2.76. The van der Waals surface area contributed by atoms with Gasteiger partial charge < -0.3 is 5.32 Å². The van der Waals surface area contributed by atoms with Crippen LogP contribution in [0.15, 0.2) is 103 Å². The summed E-state index contributed by atoms with van der Waals surface area (Å²) in [5.41, 5.74) is 6.52. The predicted octanol–water partition coefficient (Wildman–Crippen LogP) is 6.58. The summed E-state index contributed by atoms with van der Waals surface area (Å²) in [7, 11) is 0. The smallest absolute Gasteiger partial charge is 0.256 e. The van der Waals surface area contributed by atoms with Crippen LogP contribution in [0.2, 0.25) is 0 Å². The third-order valence-corrected chi connectivity index (χ3v) is 4.77. The molecule has 0 aliphatic rings. The zero-order chi connectivity index (χ0) is 19.3. The van der Waals surface area contributed by atoms with E-state index in [1.807, 2.05) is 110 Å². The van der Waals surface area contributed by atoms with Crippen molar-refractivity contribution in [2.24, 2.45) is 0 Å². The summed E-state index contributed by atoms with van der Waals surface area (Å²) in [4.78, 5) is 13.4. The average molecular weight is 363 g/mol. The van der Waals surface area contributed by atoms with Gasteiger partial charge in [0, 0.05) is 5.69 Å². The molecule has 1 amide bonds. The van der Waals surface area contributed by atoms with Crippen molar-refractivity contribution in [1.82, 2.24) is 0 Å². The first kappa shape index (κ1) is 17.7. The van der Waals surface area contributed by atoms with E-state index in [1.54, 1.807) is 0 Å². The molecule has 4 aromatic rings. The third kappa shape index (κ3) is 3.72. The van der Waals surface area contributed by atoms with Gasteiger partial charge in [-0.15, -0.1) is 0 Å². The molecule has 0 bridgehead atoms. The molecule has 0 unspecified atom stereocenters. The topological polar surface area (TPSA) is 29.1 Å². The van der Waals surface area contributed by atoms with Crippen LogP contribution in [0.1, 0.15) is 15.9 Å². The van der Waals surface area contributed by atoms with Crippen LogP contribution in [-0.4, -0.2) is 5.91 Å². The van der Waals surface area contributed by atoms with Gasteiger partial charge in [0.25, 0.3) is 5.91 Å².